The van der Waals surface area contributed by atoms with Gasteiger partial charge < -0.3 is 30.4 Å². The van der Waals surface area contributed by atoms with Crippen LogP contribution < -0.4 is 11.3 Å². The molecule has 0 bridgehead atoms. The molecule has 2 heterocycles. The van der Waals surface area contributed by atoms with E-state index in [-0.39, 0.29) is 53.1 Å². The van der Waals surface area contributed by atoms with Crippen molar-refractivity contribution in [2.45, 2.75) is 116 Å². The van der Waals surface area contributed by atoms with Gasteiger partial charge in [-0.1, -0.05) is 27.4 Å². The van der Waals surface area contributed by atoms with Crippen molar-refractivity contribution in [3.05, 3.63) is 28.8 Å². The van der Waals surface area contributed by atoms with Crippen molar-refractivity contribution in [2.75, 3.05) is 12.3 Å². The number of H-pyrrole nitrogens is 1. The van der Waals surface area contributed by atoms with Crippen LogP contribution in [-0.4, -0.2) is 65.7 Å². The molecule has 258 valence electrons. The SMILES string of the molecule is C=C1[C@H](COC(=O)CC[C@@H](C)[C@H]2CCC3C4C(CC[C@@]32C)[C@@]2(C)CC[C@@H](O)C[C@H]2C[C@H]4O)[C@@H](O)C[C@@H]1n1cnc2c(=O)[nH]c(N)nc21. The molecule has 0 radical (unpaired) electrons. The second kappa shape index (κ2) is 12.0. The fraction of sp³-hybridized carbons (Fsp3) is 0.778. The van der Waals surface area contributed by atoms with E-state index >= 15 is 0 Å². The molecule has 0 spiro atoms. The minimum atomic E-state index is -0.757. The maximum Gasteiger partial charge on any atom is 0.305 e. The number of imidazole rings is 1. The summed E-state index contributed by atoms with van der Waals surface area (Å²) in [7, 11) is 0. The van der Waals surface area contributed by atoms with Crippen molar-refractivity contribution in [2.24, 2.45) is 52.3 Å². The number of hydrogen-bond donors (Lipinski definition) is 5. The average Bonchev–Trinajstić information content (AvgIpc) is 3.68. The van der Waals surface area contributed by atoms with Crippen molar-refractivity contribution >= 4 is 23.1 Å². The molecule has 11 nitrogen and oxygen atoms in total. The molecule has 5 saturated carbocycles. The Kier molecular flexibility index (Phi) is 8.35. The van der Waals surface area contributed by atoms with Crippen molar-refractivity contribution in [1.29, 1.82) is 0 Å². The minimum Gasteiger partial charge on any atom is -0.465 e. The smallest absolute Gasteiger partial charge is 0.305 e. The number of carbonyl (C=O) groups is 1. The lowest BCUT2D eigenvalue weighted by Gasteiger charge is -2.62. The Hall–Kier alpha value is -2.76. The van der Waals surface area contributed by atoms with Gasteiger partial charge in [-0.15, -0.1) is 0 Å². The first kappa shape index (κ1) is 32.8. The van der Waals surface area contributed by atoms with E-state index in [1.165, 1.54) is 12.7 Å². The largest absolute Gasteiger partial charge is 0.465 e. The number of hydrogen-bond acceptors (Lipinski definition) is 9. The second-order valence-corrected chi connectivity index (χ2v) is 16.4. The Labute approximate surface area is 276 Å². The highest BCUT2D eigenvalue weighted by Gasteiger charge is 2.62. The number of carbonyl (C=O) groups excluding carboxylic acids is 1. The van der Waals surface area contributed by atoms with Crippen LogP contribution in [0.1, 0.15) is 97.4 Å². The predicted molar refractivity (Wildman–Crippen MR) is 177 cm³/mol. The molecule has 13 atom stereocenters. The summed E-state index contributed by atoms with van der Waals surface area (Å²) in [5.74, 6) is 1.92. The summed E-state index contributed by atoms with van der Waals surface area (Å²) >= 11 is 0. The lowest BCUT2D eigenvalue weighted by Crippen LogP contribution is -2.58. The number of aromatic nitrogens is 4. The molecule has 6 N–H and O–H groups in total. The van der Waals surface area contributed by atoms with E-state index in [9.17, 15) is 24.9 Å². The van der Waals surface area contributed by atoms with Gasteiger partial charge >= 0.3 is 5.97 Å². The number of rotatable bonds is 7. The Balaban J connectivity index is 0.943. The summed E-state index contributed by atoms with van der Waals surface area (Å²) in [6.07, 6.45) is 9.86. The zero-order valence-corrected chi connectivity index (χ0v) is 28.1. The van der Waals surface area contributed by atoms with Gasteiger partial charge in [0.25, 0.3) is 5.56 Å². The normalized spacial score (nSPS) is 42.1. The fourth-order valence-corrected chi connectivity index (χ4v) is 11.7. The molecule has 0 aliphatic heterocycles. The van der Waals surface area contributed by atoms with E-state index < -0.39 is 17.6 Å². The van der Waals surface area contributed by atoms with Crippen LogP contribution in [0.25, 0.3) is 11.2 Å². The van der Waals surface area contributed by atoms with Gasteiger partial charge in [0, 0.05) is 12.3 Å². The van der Waals surface area contributed by atoms with Gasteiger partial charge in [0.05, 0.1) is 30.7 Å². The van der Waals surface area contributed by atoms with Crippen LogP contribution in [0.3, 0.4) is 0 Å². The minimum absolute atomic E-state index is 0.0112. The molecule has 5 aliphatic carbocycles. The van der Waals surface area contributed by atoms with E-state index in [2.05, 4.69) is 42.3 Å². The summed E-state index contributed by atoms with van der Waals surface area (Å²) in [6, 6.07) is -0.348. The van der Waals surface area contributed by atoms with Crippen LogP contribution in [0.4, 0.5) is 5.95 Å². The van der Waals surface area contributed by atoms with Gasteiger partial charge in [0.1, 0.15) is 6.61 Å². The molecule has 5 aliphatic rings. The first-order valence-electron chi connectivity index (χ1n) is 17.9. The van der Waals surface area contributed by atoms with Crippen LogP contribution in [0, 0.1) is 52.3 Å². The van der Waals surface area contributed by atoms with Gasteiger partial charge in [-0.2, -0.15) is 4.98 Å². The molecule has 2 aromatic rings. The standard InChI is InChI=1S/C36H53N5O6/c1-18(23-6-7-24-30-25(10-12-36(23,24)4)35(3)11-9-21(42)13-20(35)14-28(30)44)5-8-29(45)47-16-22-19(2)26(15-27(22)43)41-17-38-31-32(41)39-34(37)40-33(31)46/h17-18,20-28,30,42-44H,2,5-16H2,1,3-4H3,(H3,37,39,40,46)/t18-,20+,21-,22+,23-,24?,25?,26+,27+,28-,30?,35+,36-/m1/s1. The molecule has 0 amide bonds. The molecule has 0 saturated heterocycles. The quantitative estimate of drug-likeness (QED) is 0.218. The highest BCUT2D eigenvalue weighted by Crippen LogP contribution is 2.68. The van der Waals surface area contributed by atoms with Gasteiger partial charge in [-0.25, -0.2) is 4.98 Å². The Morgan fingerprint density at radius 1 is 1.11 bits per heavy atom. The predicted octanol–water partition coefficient (Wildman–Crippen LogP) is 4.13. The molecular formula is C36H53N5O6. The zero-order valence-electron chi connectivity index (χ0n) is 28.1. The van der Waals surface area contributed by atoms with Crippen LogP contribution in [0.2, 0.25) is 0 Å². The lowest BCUT2D eigenvalue weighted by atomic mass is 9.43. The van der Waals surface area contributed by atoms with Crippen LogP contribution in [0.5, 0.6) is 0 Å². The first-order valence-corrected chi connectivity index (χ1v) is 17.9. The summed E-state index contributed by atoms with van der Waals surface area (Å²) in [5, 5.41) is 32.8. The van der Waals surface area contributed by atoms with Crippen LogP contribution in [-0.2, 0) is 9.53 Å². The summed E-state index contributed by atoms with van der Waals surface area (Å²) in [4.78, 5) is 36.1. The maximum absolute atomic E-state index is 13.0. The number of nitrogens with two attached hydrogens (primary N) is 1. The third-order valence-electron chi connectivity index (χ3n) is 14.3. The van der Waals surface area contributed by atoms with E-state index in [4.69, 9.17) is 10.5 Å². The molecule has 3 unspecified atom stereocenters. The van der Waals surface area contributed by atoms with E-state index in [1.54, 1.807) is 4.57 Å². The number of aliphatic hydroxyl groups excluding tert-OH is 3. The number of anilines is 1. The average molecular weight is 652 g/mol. The molecule has 5 fully saturated rings. The van der Waals surface area contributed by atoms with E-state index in [1.807, 2.05) is 0 Å². The number of aliphatic hydroxyl groups is 3. The molecule has 47 heavy (non-hydrogen) atoms. The Morgan fingerprint density at radius 3 is 2.64 bits per heavy atom. The number of nitrogens with zero attached hydrogens (tertiary/aromatic N) is 3. The topological polar surface area (TPSA) is 177 Å². The number of esters is 1. The summed E-state index contributed by atoms with van der Waals surface area (Å²) < 4.78 is 7.44. The van der Waals surface area contributed by atoms with Crippen LogP contribution in [0.15, 0.2) is 23.3 Å². The molecule has 11 heteroatoms. The van der Waals surface area contributed by atoms with Gasteiger partial charge in [0.2, 0.25) is 5.95 Å². The van der Waals surface area contributed by atoms with Gasteiger partial charge in [-0.3, -0.25) is 14.6 Å². The highest BCUT2D eigenvalue weighted by molar-refractivity contribution is 5.71. The van der Waals surface area contributed by atoms with Gasteiger partial charge in [0.15, 0.2) is 11.2 Å². The van der Waals surface area contributed by atoms with Crippen molar-refractivity contribution in [1.82, 2.24) is 19.5 Å². The third kappa shape index (κ3) is 5.35. The number of aromatic amines is 1. The summed E-state index contributed by atoms with van der Waals surface area (Å²) in [6.45, 7) is 11.5. The van der Waals surface area contributed by atoms with E-state index in [0.29, 0.717) is 59.6 Å². The third-order valence-corrected chi connectivity index (χ3v) is 14.3. The molecule has 2 aromatic heterocycles. The molecule has 7 rings (SSSR count). The monoisotopic (exact) mass is 651 g/mol. The van der Waals surface area contributed by atoms with Crippen molar-refractivity contribution in [3.63, 3.8) is 0 Å². The lowest BCUT2D eigenvalue weighted by molar-refractivity contribution is -0.174. The Bertz CT molecular complexity index is 1590. The second-order valence-electron chi connectivity index (χ2n) is 16.4. The number of nitrogen functional groups attached to an aromatic ring is 1. The summed E-state index contributed by atoms with van der Waals surface area (Å²) in [5.41, 5.74) is 6.91. The van der Waals surface area contributed by atoms with Crippen LogP contribution >= 0.6 is 0 Å². The molecule has 0 aromatic carbocycles. The van der Waals surface area contributed by atoms with Crippen molar-refractivity contribution in [3.8, 4) is 0 Å². The number of nitrogens with one attached hydrogen (secondary N) is 1. The van der Waals surface area contributed by atoms with Gasteiger partial charge in [-0.05, 0) is 116 Å². The fourth-order valence-electron chi connectivity index (χ4n) is 11.7. The maximum atomic E-state index is 13.0. The molecular weight excluding hydrogens is 598 g/mol. The number of fused-ring (bicyclic) bond motifs is 6. The van der Waals surface area contributed by atoms with E-state index in [0.717, 1.165) is 51.4 Å². The first-order chi connectivity index (χ1) is 22.3. The zero-order chi connectivity index (χ0) is 33.4. The Morgan fingerprint density at radius 2 is 1.85 bits per heavy atom. The highest BCUT2D eigenvalue weighted by atomic mass is 16.5. The van der Waals surface area contributed by atoms with Crippen molar-refractivity contribution < 1.29 is 24.9 Å². The number of ether oxygens (including phenoxy) is 1.